The summed E-state index contributed by atoms with van der Waals surface area (Å²) in [4.78, 5) is 25.5. The molecular formula is C17H23NO3. The highest BCUT2D eigenvalue weighted by Crippen LogP contribution is 2.19. The Morgan fingerprint density at radius 1 is 1.19 bits per heavy atom. The van der Waals surface area contributed by atoms with Gasteiger partial charge in [0.15, 0.2) is 0 Å². The first kappa shape index (κ1) is 15.5. The Morgan fingerprint density at radius 2 is 1.86 bits per heavy atom. The summed E-state index contributed by atoms with van der Waals surface area (Å²) in [6, 6.07) is 10.2. The molecule has 114 valence electrons. The van der Waals surface area contributed by atoms with Gasteiger partial charge in [-0.3, -0.25) is 9.59 Å². The van der Waals surface area contributed by atoms with Crippen LogP contribution in [0.4, 0.5) is 0 Å². The topological polar surface area (TPSA) is 46.6 Å². The van der Waals surface area contributed by atoms with Gasteiger partial charge in [0.2, 0.25) is 5.91 Å². The first-order chi connectivity index (χ1) is 10.2. The maximum Gasteiger partial charge on any atom is 0.308 e. The average molecular weight is 289 g/mol. The van der Waals surface area contributed by atoms with E-state index in [2.05, 4.69) is 12.1 Å². The Hall–Kier alpha value is -1.84. The Morgan fingerprint density at radius 3 is 2.48 bits per heavy atom. The SMILES string of the molecule is COC(=O)C1CCN(C(=O)CCCc2ccccc2)CC1. The first-order valence-electron chi connectivity index (χ1n) is 7.60. The Labute approximate surface area is 126 Å². The lowest BCUT2D eigenvalue weighted by molar-refractivity contribution is -0.148. The molecule has 1 fully saturated rings. The molecule has 21 heavy (non-hydrogen) atoms. The Bertz CT molecular complexity index is 464. The second-order valence-electron chi connectivity index (χ2n) is 5.52. The maximum absolute atomic E-state index is 12.1. The second-order valence-corrected chi connectivity index (χ2v) is 5.52. The first-order valence-corrected chi connectivity index (χ1v) is 7.60. The number of amides is 1. The maximum atomic E-state index is 12.1. The zero-order chi connectivity index (χ0) is 15.1. The van der Waals surface area contributed by atoms with Gasteiger partial charge in [0.1, 0.15) is 0 Å². The van der Waals surface area contributed by atoms with E-state index >= 15 is 0 Å². The van der Waals surface area contributed by atoms with Gasteiger partial charge in [-0.2, -0.15) is 0 Å². The summed E-state index contributed by atoms with van der Waals surface area (Å²) < 4.78 is 4.76. The van der Waals surface area contributed by atoms with Gasteiger partial charge >= 0.3 is 5.97 Å². The number of hydrogen-bond acceptors (Lipinski definition) is 3. The van der Waals surface area contributed by atoms with Gasteiger partial charge in [-0.1, -0.05) is 30.3 Å². The molecule has 0 N–H and O–H groups in total. The summed E-state index contributed by atoms with van der Waals surface area (Å²) in [6.07, 6.45) is 3.83. The smallest absolute Gasteiger partial charge is 0.308 e. The lowest BCUT2D eigenvalue weighted by atomic mass is 9.96. The zero-order valence-electron chi connectivity index (χ0n) is 12.6. The van der Waals surface area contributed by atoms with Gasteiger partial charge < -0.3 is 9.64 Å². The van der Waals surface area contributed by atoms with Crippen molar-refractivity contribution in [3.63, 3.8) is 0 Å². The van der Waals surface area contributed by atoms with E-state index in [4.69, 9.17) is 4.74 Å². The van der Waals surface area contributed by atoms with Crippen molar-refractivity contribution >= 4 is 11.9 Å². The quantitative estimate of drug-likeness (QED) is 0.782. The molecule has 2 rings (SSSR count). The summed E-state index contributed by atoms with van der Waals surface area (Å²) >= 11 is 0. The van der Waals surface area contributed by atoms with Gasteiger partial charge in [-0.05, 0) is 31.2 Å². The van der Waals surface area contributed by atoms with Crippen LogP contribution in [-0.4, -0.2) is 37.0 Å². The average Bonchev–Trinajstić information content (AvgIpc) is 2.55. The van der Waals surface area contributed by atoms with Crippen LogP contribution in [0.2, 0.25) is 0 Å². The molecule has 1 heterocycles. The van der Waals surface area contributed by atoms with Crippen LogP contribution >= 0.6 is 0 Å². The van der Waals surface area contributed by atoms with Crippen molar-refractivity contribution in [2.45, 2.75) is 32.1 Å². The minimum absolute atomic E-state index is 0.0385. The van der Waals surface area contributed by atoms with E-state index < -0.39 is 0 Å². The molecule has 4 heteroatoms. The lowest BCUT2D eigenvalue weighted by Gasteiger charge is -2.30. The molecule has 0 saturated carbocycles. The van der Waals surface area contributed by atoms with Gasteiger partial charge in [0, 0.05) is 19.5 Å². The number of esters is 1. The molecule has 1 aliphatic heterocycles. The molecule has 0 bridgehead atoms. The highest BCUT2D eigenvalue weighted by Gasteiger charge is 2.27. The van der Waals surface area contributed by atoms with Crippen LogP contribution in [0.5, 0.6) is 0 Å². The molecule has 1 aromatic carbocycles. The highest BCUT2D eigenvalue weighted by molar-refractivity contribution is 5.77. The van der Waals surface area contributed by atoms with Crippen LogP contribution in [0.25, 0.3) is 0 Å². The number of carbonyl (C=O) groups is 2. The van der Waals surface area contributed by atoms with Gasteiger partial charge in [-0.25, -0.2) is 0 Å². The molecule has 0 aromatic heterocycles. The van der Waals surface area contributed by atoms with E-state index in [1.54, 1.807) is 0 Å². The van der Waals surface area contributed by atoms with E-state index in [9.17, 15) is 9.59 Å². The number of benzene rings is 1. The fourth-order valence-corrected chi connectivity index (χ4v) is 2.78. The van der Waals surface area contributed by atoms with Crippen molar-refractivity contribution < 1.29 is 14.3 Å². The molecule has 0 radical (unpaired) electrons. The fraction of sp³-hybridized carbons (Fsp3) is 0.529. The second kappa shape index (κ2) is 7.81. The van der Waals surface area contributed by atoms with E-state index in [0.717, 1.165) is 25.7 Å². The van der Waals surface area contributed by atoms with E-state index in [-0.39, 0.29) is 17.8 Å². The van der Waals surface area contributed by atoms with Gasteiger partial charge in [0.05, 0.1) is 13.0 Å². The summed E-state index contributed by atoms with van der Waals surface area (Å²) in [7, 11) is 1.42. The lowest BCUT2D eigenvalue weighted by Crippen LogP contribution is -2.40. The number of rotatable bonds is 5. The predicted molar refractivity (Wildman–Crippen MR) is 80.7 cm³/mol. The molecule has 0 spiro atoms. The molecular weight excluding hydrogens is 266 g/mol. The molecule has 1 aromatic rings. The van der Waals surface area contributed by atoms with Crippen LogP contribution in [0.1, 0.15) is 31.2 Å². The molecule has 0 aliphatic carbocycles. The minimum atomic E-state index is -0.147. The number of likely N-dealkylation sites (tertiary alicyclic amines) is 1. The number of nitrogens with zero attached hydrogens (tertiary/aromatic N) is 1. The fourth-order valence-electron chi connectivity index (χ4n) is 2.78. The molecule has 1 amide bonds. The summed E-state index contributed by atoms with van der Waals surface area (Å²) in [5.41, 5.74) is 1.27. The highest BCUT2D eigenvalue weighted by atomic mass is 16.5. The van der Waals surface area contributed by atoms with E-state index in [1.165, 1.54) is 12.7 Å². The summed E-state index contributed by atoms with van der Waals surface area (Å²) in [5, 5.41) is 0. The normalized spacial score (nSPS) is 15.8. The van der Waals surface area contributed by atoms with Crippen LogP contribution in [0.3, 0.4) is 0 Å². The van der Waals surface area contributed by atoms with Crippen LogP contribution in [-0.2, 0) is 20.7 Å². The number of aryl methyl sites for hydroxylation is 1. The number of ether oxygens (including phenoxy) is 1. The standard InChI is InChI=1S/C17H23NO3/c1-21-17(20)15-10-12-18(13-11-15)16(19)9-5-8-14-6-3-2-4-7-14/h2-4,6-7,15H,5,8-13H2,1H3. The van der Waals surface area contributed by atoms with Crippen molar-refractivity contribution in [1.29, 1.82) is 0 Å². The third-order valence-electron chi connectivity index (χ3n) is 4.08. The molecule has 1 saturated heterocycles. The third-order valence-corrected chi connectivity index (χ3v) is 4.08. The monoisotopic (exact) mass is 289 g/mol. The van der Waals surface area contributed by atoms with Crippen molar-refractivity contribution in [3.05, 3.63) is 35.9 Å². The molecule has 4 nitrogen and oxygen atoms in total. The number of carbonyl (C=O) groups excluding carboxylic acids is 2. The minimum Gasteiger partial charge on any atom is -0.469 e. The van der Waals surface area contributed by atoms with Crippen LogP contribution in [0, 0.1) is 5.92 Å². The Kier molecular flexibility index (Phi) is 5.78. The predicted octanol–water partition coefficient (Wildman–Crippen LogP) is 2.42. The third kappa shape index (κ3) is 4.59. The van der Waals surface area contributed by atoms with Crippen molar-refractivity contribution in [3.8, 4) is 0 Å². The van der Waals surface area contributed by atoms with Crippen molar-refractivity contribution in [2.24, 2.45) is 5.92 Å². The number of piperidine rings is 1. The summed E-state index contributed by atoms with van der Waals surface area (Å²) in [6.45, 7) is 1.34. The molecule has 1 aliphatic rings. The molecule has 0 unspecified atom stereocenters. The van der Waals surface area contributed by atoms with Gasteiger partial charge in [0.25, 0.3) is 0 Å². The van der Waals surface area contributed by atoms with Crippen LogP contribution < -0.4 is 0 Å². The van der Waals surface area contributed by atoms with Crippen molar-refractivity contribution in [2.75, 3.05) is 20.2 Å². The van der Waals surface area contributed by atoms with Gasteiger partial charge in [-0.15, -0.1) is 0 Å². The van der Waals surface area contributed by atoms with Crippen LogP contribution in [0.15, 0.2) is 30.3 Å². The Balaban J connectivity index is 1.69. The van der Waals surface area contributed by atoms with Crippen molar-refractivity contribution in [1.82, 2.24) is 4.90 Å². The van der Waals surface area contributed by atoms with E-state index in [1.807, 2.05) is 23.1 Å². The largest absolute Gasteiger partial charge is 0.469 e. The number of hydrogen-bond donors (Lipinski definition) is 0. The zero-order valence-corrected chi connectivity index (χ0v) is 12.6. The summed E-state index contributed by atoms with van der Waals surface area (Å²) in [5.74, 6) is 0.0174. The molecule has 0 atom stereocenters. The van der Waals surface area contributed by atoms with E-state index in [0.29, 0.717) is 19.5 Å². The number of methoxy groups -OCH3 is 1.